The fraction of sp³-hybridized carbons (Fsp3) is 0.800. The predicted octanol–water partition coefficient (Wildman–Crippen LogP) is 0.326. The molecule has 4 atom stereocenters. The number of hydrogen-bond acceptors (Lipinski definition) is 6. The molecule has 4 unspecified atom stereocenters. The summed E-state index contributed by atoms with van der Waals surface area (Å²) < 4.78 is 30.0. The number of carbonyl (C=O) groups excluding carboxylic acids is 1. The minimum Gasteiger partial charge on any atom is -0.456 e. The number of hydrogen-bond donors (Lipinski definition) is 3. The summed E-state index contributed by atoms with van der Waals surface area (Å²) in [7, 11) is -3.43. The Labute approximate surface area is 137 Å². The largest absolute Gasteiger partial charge is 0.456 e. The molecule has 0 amide bonds. The molecule has 7 nitrogen and oxygen atoms in total. The second-order valence-corrected chi connectivity index (χ2v) is 7.89. The van der Waals surface area contributed by atoms with E-state index < -0.39 is 40.2 Å². The maximum Gasteiger partial charge on any atom is 0.333 e. The van der Waals surface area contributed by atoms with Crippen molar-refractivity contribution in [3.8, 4) is 0 Å². The van der Waals surface area contributed by atoms with Gasteiger partial charge >= 0.3 is 5.97 Å². The summed E-state index contributed by atoms with van der Waals surface area (Å²) in [5, 5.41) is 19.9. The molecular formula is C15H27NO6S. The third kappa shape index (κ3) is 6.58. The van der Waals surface area contributed by atoms with Crippen LogP contribution >= 0.6 is 0 Å². The average molecular weight is 349 g/mol. The van der Waals surface area contributed by atoms with Crippen molar-refractivity contribution in [2.75, 3.05) is 12.8 Å². The first kappa shape index (κ1) is 20.1. The van der Waals surface area contributed by atoms with Gasteiger partial charge in [0, 0.05) is 24.5 Å². The highest BCUT2D eigenvalue weighted by molar-refractivity contribution is 7.88. The van der Waals surface area contributed by atoms with Crippen molar-refractivity contribution in [3.05, 3.63) is 11.6 Å². The van der Waals surface area contributed by atoms with E-state index in [2.05, 4.69) is 11.6 Å². The molecule has 1 aliphatic carbocycles. The molecule has 134 valence electrons. The zero-order valence-corrected chi connectivity index (χ0v) is 14.7. The van der Waals surface area contributed by atoms with Crippen LogP contribution in [0.25, 0.3) is 0 Å². The fourth-order valence-electron chi connectivity index (χ4n) is 2.55. The molecule has 0 aromatic rings. The molecule has 0 radical (unpaired) electrons. The lowest BCUT2D eigenvalue weighted by atomic mass is 10.0. The Morgan fingerprint density at radius 1 is 1.35 bits per heavy atom. The van der Waals surface area contributed by atoms with Crippen LogP contribution in [0.2, 0.25) is 0 Å². The first-order valence-electron chi connectivity index (χ1n) is 7.84. The van der Waals surface area contributed by atoms with Crippen LogP contribution in [0, 0.1) is 5.92 Å². The summed E-state index contributed by atoms with van der Waals surface area (Å²) in [6.07, 6.45) is 2.73. The summed E-state index contributed by atoms with van der Waals surface area (Å²) in [5.41, 5.74) is 0.446. The molecule has 0 bridgehead atoms. The van der Waals surface area contributed by atoms with Gasteiger partial charge in [-0.15, -0.1) is 0 Å². The van der Waals surface area contributed by atoms with Crippen LogP contribution in [-0.2, 0) is 19.6 Å². The Kier molecular flexibility index (Phi) is 7.66. The van der Waals surface area contributed by atoms with Crippen molar-refractivity contribution in [1.82, 2.24) is 4.72 Å². The lowest BCUT2D eigenvalue weighted by molar-refractivity contribution is -0.151. The summed E-state index contributed by atoms with van der Waals surface area (Å²) >= 11 is 0. The average Bonchev–Trinajstić information content (AvgIpc) is 2.70. The topological polar surface area (TPSA) is 113 Å². The zero-order valence-electron chi connectivity index (χ0n) is 13.9. The highest BCUT2D eigenvalue weighted by atomic mass is 32.2. The molecule has 0 heterocycles. The van der Waals surface area contributed by atoms with E-state index in [0.29, 0.717) is 5.57 Å². The van der Waals surface area contributed by atoms with Gasteiger partial charge in [-0.1, -0.05) is 25.8 Å². The number of ether oxygens (including phenoxy) is 1. The van der Waals surface area contributed by atoms with E-state index in [4.69, 9.17) is 4.74 Å². The van der Waals surface area contributed by atoms with Crippen LogP contribution in [0.4, 0.5) is 0 Å². The minimum absolute atomic E-state index is 0.0483. The Balaban J connectivity index is 2.70. The summed E-state index contributed by atoms with van der Waals surface area (Å²) in [6.45, 7) is 3.60. The fourth-order valence-corrected chi connectivity index (χ4v) is 3.04. The van der Waals surface area contributed by atoms with Gasteiger partial charge < -0.3 is 14.9 Å². The second-order valence-electron chi connectivity index (χ2n) is 6.05. The second kappa shape index (κ2) is 8.77. The van der Waals surface area contributed by atoms with Gasteiger partial charge in [-0.25, -0.2) is 17.9 Å². The highest BCUT2D eigenvalue weighted by Gasteiger charge is 2.44. The molecule has 0 spiro atoms. The van der Waals surface area contributed by atoms with Gasteiger partial charge in [0.2, 0.25) is 10.0 Å². The number of esters is 1. The van der Waals surface area contributed by atoms with E-state index in [9.17, 15) is 23.4 Å². The number of sulfonamides is 1. The van der Waals surface area contributed by atoms with Gasteiger partial charge in [0.25, 0.3) is 0 Å². The van der Waals surface area contributed by atoms with Crippen LogP contribution in [-0.4, -0.2) is 55.7 Å². The smallest absolute Gasteiger partial charge is 0.333 e. The van der Waals surface area contributed by atoms with Crippen molar-refractivity contribution in [2.24, 2.45) is 5.92 Å². The Bertz CT molecular complexity index is 530. The third-order valence-corrected chi connectivity index (χ3v) is 4.62. The summed E-state index contributed by atoms with van der Waals surface area (Å²) in [5.74, 6) is -1.23. The quantitative estimate of drug-likeness (QED) is 0.331. The first-order chi connectivity index (χ1) is 10.7. The van der Waals surface area contributed by atoms with Gasteiger partial charge in [-0.05, 0) is 13.3 Å². The molecule has 1 rings (SSSR count). The van der Waals surface area contributed by atoms with E-state index in [0.717, 1.165) is 25.5 Å². The predicted molar refractivity (Wildman–Crippen MR) is 86.1 cm³/mol. The maximum atomic E-state index is 12.1. The van der Waals surface area contributed by atoms with Gasteiger partial charge in [0.1, 0.15) is 6.10 Å². The maximum absolute atomic E-state index is 12.1. The van der Waals surface area contributed by atoms with Crippen molar-refractivity contribution in [3.63, 3.8) is 0 Å². The highest BCUT2D eigenvalue weighted by Crippen LogP contribution is 2.29. The van der Waals surface area contributed by atoms with Crippen LogP contribution < -0.4 is 4.72 Å². The SMILES string of the molecule is CCCCC=C(C)C(=O)OC1C(O)CC(O)C1CNS(C)(=O)=O. The summed E-state index contributed by atoms with van der Waals surface area (Å²) in [4.78, 5) is 12.1. The molecule has 0 aliphatic heterocycles. The van der Waals surface area contributed by atoms with Crippen LogP contribution in [0.5, 0.6) is 0 Å². The van der Waals surface area contributed by atoms with Gasteiger partial charge in [-0.3, -0.25) is 0 Å². The Morgan fingerprint density at radius 3 is 2.57 bits per heavy atom. The van der Waals surface area contributed by atoms with Crippen LogP contribution in [0.3, 0.4) is 0 Å². The number of aliphatic hydroxyl groups excluding tert-OH is 2. The Hall–Kier alpha value is -0.960. The molecule has 1 aliphatic rings. The van der Waals surface area contributed by atoms with E-state index in [1.807, 2.05) is 0 Å². The molecule has 0 aromatic heterocycles. The van der Waals surface area contributed by atoms with Crippen LogP contribution in [0.15, 0.2) is 11.6 Å². The monoisotopic (exact) mass is 349 g/mol. The number of carbonyl (C=O) groups is 1. The third-order valence-electron chi connectivity index (χ3n) is 3.93. The standard InChI is InChI=1S/C15H27NO6S/c1-4-5-6-7-10(2)15(19)22-14-11(9-16-23(3,20)21)12(17)8-13(14)18/h7,11-14,16-18H,4-6,8-9H2,1-3H3. The van der Waals surface area contributed by atoms with Crippen molar-refractivity contribution >= 4 is 16.0 Å². The van der Waals surface area contributed by atoms with Gasteiger partial charge in [0.05, 0.1) is 18.5 Å². The lowest BCUT2D eigenvalue weighted by Crippen LogP contribution is -2.40. The number of nitrogens with one attached hydrogen (secondary N) is 1. The van der Waals surface area contributed by atoms with Crippen molar-refractivity contribution < 1.29 is 28.2 Å². The zero-order chi connectivity index (χ0) is 17.6. The van der Waals surface area contributed by atoms with Gasteiger partial charge in [-0.2, -0.15) is 0 Å². The molecule has 0 saturated heterocycles. The van der Waals surface area contributed by atoms with E-state index in [-0.39, 0.29) is 13.0 Å². The molecule has 1 fully saturated rings. The van der Waals surface area contributed by atoms with Gasteiger partial charge in [0.15, 0.2) is 0 Å². The minimum atomic E-state index is -3.43. The van der Waals surface area contributed by atoms with E-state index >= 15 is 0 Å². The number of unbranched alkanes of at least 4 members (excludes halogenated alkanes) is 2. The van der Waals surface area contributed by atoms with E-state index in [1.165, 1.54) is 0 Å². The number of rotatable bonds is 8. The Morgan fingerprint density at radius 2 is 2.00 bits per heavy atom. The number of aliphatic hydroxyl groups is 2. The van der Waals surface area contributed by atoms with Crippen molar-refractivity contribution in [1.29, 1.82) is 0 Å². The molecule has 0 aromatic carbocycles. The molecule has 1 saturated carbocycles. The molecule has 3 N–H and O–H groups in total. The van der Waals surface area contributed by atoms with E-state index in [1.54, 1.807) is 13.0 Å². The number of allylic oxidation sites excluding steroid dienone is 1. The normalized spacial score (nSPS) is 28.8. The molecule has 23 heavy (non-hydrogen) atoms. The van der Waals surface area contributed by atoms with Crippen LogP contribution in [0.1, 0.15) is 39.5 Å². The first-order valence-corrected chi connectivity index (χ1v) is 9.73. The summed E-state index contributed by atoms with van der Waals surface area (Å²) in [6, 6.07) is 0. The molecule has 8 heteroatoms. The molecular weight excluding hydrogens is 322 g/mol. The van der Waals surface area contributed by atoms with Crippen molar-refractivity contribution in [2.45, 2.75) is 57.8 Å². The lowest BCUT2D eigenvalue weighted by Gasteiger charge is -2.23.